The first-order valence-corrected chi connectivity index (χ1v) is 16.9. The summed E-state index contributed by atoms with van der Waals surface area (Å²) in [4.78, 5) is 3.97. The van der Waals surface area contributed by atoms with Crippen molar-refractivity contribution in [3.8, 4) is 34.0 Å². The molecule has 2 aliphatic rings. The van der Waals surface area contributed by atoms with E-state index in [2.05, 4.69) is 146 Å². The Morgan fingerprint density at radius 3 is 1.59 bits per heavy atom. The molecule has 0 saturated carbocycles. The molecule has 0 amide bonds. The lowest BCUT2D eigenvalue weighted by atomic mass is 9.81. The van der Waals surface area contributed by atoms with Gasteiger partial charge in [-0.2, -0.15) is 5.26 Å². The van der Waals surface area contributed by atoms with E-state index in [0.29, 0.717) is 5.69 Å². The van der Waals surface area contributed by atoms with Crippen LogP contribution in [0.3, 0.4) is 0 Å². The fraction of sp³-hybridized carbons (Fsp3) is 0.130. The van der Waals surface area contributed by atoms with Crippen LogP contribution >= 0.6 is 0 Å². The lowest BCUT2D eigenvalue weighted by Gasteiger charge is -2.23. The molecule has 0 atom stereocenters. The minimum atomic E-state index is -0.283. The SMILES string of the molecule is [C-]#[N+]c1cc2c(c3ccccc13)-c1cc3c4cc5c(cc4n(-c4ccccc4)c3cc1C2(C)C)C(C)(C)c1cc(C#N)c2ccccc2c1-5. The number of nitriles is 1. The van der Waals surface area contributed by atoms with Crippen LogP contribution in [-0.2, 0) is 10.8 Å². The lowest BCUT2D eigenvalue weighted by Crippen LogP contribution is -2.15. The standard InChI is InChI=1S/C46H31N3/c1-45(2)36-23-41-32(20-34(36)43-30-17-11-9-15-28(30)26(25-47)19-38(43)45)33-21-35-37(24-42(33)49(41)27-13-7-6-8-14-27)46(3,4)39-22-40(48-5)29-16-10-12-18-31(29)44(35)39/h6-24H,1-4H3. The maximum atomic E-state index is 10.2. The molecule has 0 aliphatic heterocycles. The fourth-order valence-corrected chi connectivity index (χ4v) is 9.18. The van der Waals surface area contributed by atoms with E-state index in [1.807, 2.05) is 12.1 Å². The molecule has 7 aromatic carbocycles. The summed E-state index contributed by atoms with van der Waals surface area (Å²) in [5.41, 5.74) is 14.3. The number of hydrogen-bond donors (Lipinski definition) is 0. The third-order valence-corrected chi connectivity index (χ3v) is 11.6. The molecule has 0 N–H and O–H groups in total. The van der Waals surface area contributed by atoms with Gasteiger partial charge in [0, 0.05) is 32.7 Å². The van der Waals surface area contributed by atoms with Crippen molar-refractivity contribution in [2.75, 3.05) is 0 Å². The van der Waals surface area contributed by atoms with Gasteiger partial charge in [-0.25, -0.2) is 4.85 Å². The zero-order valence-electron chi connectivity index (χ0n) is 27.8. The maximum Gasteiger partial charge on any atom is 0.195 e. The third-order valence-electron chi connectivity index (χ3n) is 11.6. The molecule has 0 fully saturated rings. The lowest BCUT2D eigenvalue weighted by molar-refractivity contribution is 0.661. The van der Waals surface area contributed by atoms with Crippen molar-refractivity contribution in [3.05, 3.63) is 154 Å². The van der Waals surface area contributed by atoms with Gasteiger partial charge in [0.15, 0.2) is 5.69 Å². The average Bonchev–Trinajstić information content (AvgIpc) is 3.65. The summed E-state index contributed by atoms with van der Waals surface area (Å²) in [6.45, 7) is 17.2. The van der Waals surface area contributed by atoms with E-state index < -0.39 is 0 Å². The number of benzene rings is 7. The molecule has 0 unspecified atom stereocenters. The fourth-order valence-electron chi connectivity index (χ4n) is 9.18. The van der Waals surface area contributed by atoms with Gasteiger partial charge >= 0.3 is 0 Å². The predicted octanol–water partition coefficient (Wildman–Crippen LogP) is 12.1. The molecule has 3 nitrogen and oxygen atoms in total. The zero-order valence-corrected chi connectivity index (χ0v) is 27.8. The number of nitrogens with zero attached hydrogens (tertiary/aromatic N) is 3. The molecule has 8 aromatic rings. The molecule has 0 bridgehead atoms. The predicted molar refractivity (Wildman–Crippen MR) is 202 cm³/mol. The first-order valence-electron chi connectivity index (χ1n) is 16.9. The van der Waals surface area contributed by atoms with Crippen molar-refractivity contribution in [3.63, 3.8) is 0 Å². The van der Waals surface area contributed by atoms with Gasteiger partial charge in [0.05, 0.1) is 29.2 Å². The van der Waals surface area contributed by atoms with Crippen LogP contribution in [0.2, 0.25) is 0 Å². The first kappa shape index (κ1) is 27.9. The number of para-hydroxylation sites is 1. The van der Waals surface area contributed by atoms with Crippen LogP contribution in [0.15, 0.2) is 115 Å². The molecular formula is C46H31N3. The van der Waals surface area contributed by atoms with Gasteiger partial charge in [-0.3, -0.25) is 0 Å². The highest BCUT2D eigenvalue weighted by Crippen LogP contribution is 2.57. The second-order valence-corrected chi connectivity index (χ2v) is 14.7. The van der Waals surface area contributed by atoms with Crippen LogP contribution in [0.5, 0.6) is 0 Å². The molecule has 10 rings (SSSR count). The Morgan fingerprint density at radius 2 is 1.04 bits per heavy atom. The minimum absolute atomic E-state index is 0.277. The van der Waals surface area contributed by atoms with Crippen molar-refractivity contribution in [1.82, 2.24) is 4.57 Å². The quantitative estimate of drug-likeness (QED) is 0.167. The van der Waals surface area contributed by atoms with Crippen molar-refractivity contribution in [2.24, 2.45) is 0 Å². The molecule has 2 aliphatic carbocycles. The first-order chi connectivity index (χ1) is 23.7. The Labute approximate surface area is 285 Å². The second kappa shape index (κ2) is 9.25. The van der Waals surface area contributed by atoms with Crippen molar-refractivity contribution >= 4 is 49.0 Å². The Kier molecular flexibility index (Phi) is 5.27. The highest BCUT2D eigenvalue weighted by Gasteiger charge is 2.40. The van der Waals surface area contributed by atoms with E-state index in [9.17, 15) is 5.26 Å². The Morgan fingerprint density at radius 1 is 0.551 bits per heavy atom. The van der Waals surface area contributed by atoms with Gasteiger partial charge in [0.25, 0.3) is 0 Å². The highest BCUT2D eigenvalue weighted by atomic mass is 15.0. The van der Waals surface area contributed by atoms with Gasteiger partial charge in [-0.1, -0.05) is 100 Å². The smallest absolute Gasteiger partial charge is 0.195 e. The Hall–Kier alpha value is -6.16. The summed E-state index contributed by atoms with van der Waals surface area (Å²) in [6.07, 6.45) is 0. The molecule has 3 heteroatoms. The van der Waals surface area contributed by atoms with Gasteiger partial charge in [0.1, 0.15) is 0 Å². The maximum absolute atomic E-state index is 10.2. The number of aromatic nitrogens is 1. The van der Waals surface area contributed by atoms with Gasteiger partial charge in [-0.05, 0) is 103 Å². The summed E-state index contributed by atoms with van der Waals surface area (Å²) in [7, 11) is 0. The van der Waals surface area contributed by atoms with Gasteiger partial charge in [0.2, 0.25) is 0 Å². The topological polar surface area (TPSA) is 33.1 Å². The van der Waals surface area contributed by atoms with E-state index in [0.717, 1.165) is 32.8 Å². The van der Waals surface area contributed by atoms with Crippen LogP contribution in [0.1, 0.15) is 55.5 Å². The van der Waals surface area contributed by atoms with E-state index in [1.165, 1.54) is 66.3 Å². The molecule has 230 valence electrons. The molecule has 0 saturated heterocycles. The average molecular weight is 626 g/mol. The van der Waals surface area contributed by atoms with E-state index in [-0.39, 0.29) is 10.8 Å². The molecule has 49 heavy (non-hydrogen) atoms. The highest BCUT2D eigenvalue weighted by molar-refractivity contribution is 6.17. The van der Waals surface area contributed by atoms with Gasteiger partial charge < -0.3 is 4.57 Å². The number of hydrogen-bond acceptors (Lipinski definition) is 1. The van der Waals surface area contributed by atoms with Crippen molar-refractivity contribution in [2.45, 2.75) is 38.5 Å². The van der Waals surface area contributed by atoms with Crippen LogP contribution in [0.4, 0.5) is 5.69 Å². The molecule has 0 radical (unpaired) electrons. The van der Waals surface area contributed by atoms with Crippen LogP contribution in [0.25, 0.3) is 76.1 Å². The Bertz CT molecular complexity index is 2710. The summed E-state index contributed by atoms with van der Waals surface area (Å²) in [6, 6.07) is 43.9. The summed E-state index contributed by atoms with van der Waals surface area (Å²) in [5, 5.41) is 16.9. The molecular weight excluding hydrogens is 595 g/mol. The van der Waals surface area contributed by atoms with E-state index >= 15 is 0 Å². The molecule has 1 heterocycles. The monoisotopic (exact) mass is 625 g/mol. The largest absolute Gasteiger partial charge is 0.309 e. The molecule has 0 spiro atoms. The van der Waals surface area contributed by atoms with Crippen molar-refractivity contribution in [1.29, 1.82) is 5.26 Å². The Balaban J connectivity index is 1.37. The second-order valence-electron chi connectivity index (χ2n) is 14.7. The number of fused-ring (bicyclic) bond motifs is 13. The van der Waals surface area contributed by atoms with E-state index in [1.54, 1.807) is 0 Å². The van der Waals surface area contributed by atoms with Gasteiger partial charge in [-0.15, -0.1) is 0 Å². The zero-order chi connectivity index (χ0) is 33.4. The third kappa shape index (κ3) is 3.40. The normalized spacial score (nSPS) is 14.8. The van der Waals surface area contributed by atoms with Crippen LogP contribution in [0, 0.1) is 17.9 Å². The van der Waals surface area contributed by atoms with Crippen LogP contribution < -0.4 is 0 Å². The summed E-state index contributed by atoms with van der Waals surface area (Å²) < 4.78 is 2.44. The summed E-state index contributed by atoms with van der Waals surface area (Å²) >= 11 is 0. The minimum Gasteiger partial charge on any atom is -0.309 e. The van der Waals surface area contributed by atoms with E-state index in [4.69, 9.17) is 6.57 Å². The summed E-state index contributed by atoms with van der Waals surface area (Å²) in [5.74, 6) is 0. The molecule has 1 aromatic heterocycles. The van der Waals surface area contributed by atoms with Crippen molar-refractivity contribution < 1.29 is 0 Å². The number of rotatable bonds is 1. The van der Waals surface area contributed by atoms with Crippen LogP contribution in [-0.4, -0.2) is 4.57 Å².